The van der Waals surface area contributed by atoms with Crippen LogP contribution in [0.15, 0.2) is 24.3 Å². The van der Waals surface area contributed by atoms with Crippen LogP contribution < -0.4 is 5.32 Å². The van der Waals surface area contributed by atoms with E-state index in [0.717, 1.165) is 13.1 Å². The maximum atomic E-state index is 14.2. The van der Waals surface area contributed by atoms with Gasteiger partial charge in [0, 0.05) is 32.6 Å². The Morgan fingerprint density at radius 3 is 2.67 bits per heavy atom. The predicted molar refractivity (Wildman–Crippen MR) is 56.2 cm³/mol. The molecule has 1 atom stereocenters. The lowest BCUT2D eigenvalue weighted by molar-refractivity contribution is -0.141. The molecule has 1 unspecified atom stereocenters. The molecule has 1 heterocycles. The lowest BCUT2D eigenvalue weighted by atomic mass is 9.95. The number of amides is 1. The number of carbonyl (C=O) groups is 1. The maximum absolute atomic E-state index is 14.2. The minimum Gasteiger partial charge on any atom is -0.337 e. The number of rotatable bonds is 1. The van der Waals surface area contributed by atoms with Gasteiger partial charge in [-0.25, -0.2) is 4.39 Å². The Labute approximate surface area is 88.6 Å². The number of nitrogens with zero attached hydrogens (tertiary/aromatic N) is 1. The molecule has 0 bridgehead atoms. The van der Waals surface area contributed by atoms with Gasteiger partial charge in [-0.05, 0) is 6.08 Å². The van der Waals surface area contributed by atoms with Crippen LogP contribution in [0.4, 0.5) is 4.39 Å². The molecule has 15 heavy (non-hydrogen) atoms. The second-order valence-electron chi connectivity index (χ2n) is 3.90. The third-order valence-electron chi connectivity index (χ3n) is 2.78. The molecule has 1 aliphatic heterocycles. The smallest absolute Gasteiger partial charge is 0.264 e. The SMILES string of the molecule is O=C(N1CCNCC1)C1(F)C=CC=CC1. The molecule has 0 aromatic heterocycles. The Morgan fingerprint density at radius 1 is 1.33 bits per heavy atom. The Bertz CT molecular complexity index is 308. The average molecular weight is 210 g/mol. The zero-order valence-corrected chi connectivity index (χ0v) is 8.58. The van der Waals surface area contributed by atoms with Gasteiger partial charge in [-0.1, -0.05) is 18.2 Å². The summed E-state index contributed by atoms with van der Waals surface area (Å²) in [6.07, 6.45) is 6.58. The predicted octanol–water partition coefficient (Wildman–Crippen LogP) is 0.643. The first-order valence-corrected chi connectivity index (χ1v) is 5.26. The Hall–Kier alpha value is -1.16. The van der Waals surface area contributed by atoms with Gasteiger partial charge >= 0.3 is 0 Å². The molecule has 1 N–H and O–H groups in total. The fourth-order valence-electron chi connectivity index (χ4n) is 1.88. The second kappa shape index (κ2) is 4.14. The van der Waals surface area contributed by atoms with E-state index >= 15 is 0 Å². The Balaban J connectivity index is 2.05. The lowest BCUT2D eigenvalue weighted by Gasteiger charge is -2.33. The molecule has 4 heteroatoms. The van der Waals surface area contributed by atoms with Crippen molar-refractivity contribution in [2.24, 2.45) is 0 Å². The van der Waals surface area contributed by atoms with E-state index < -0.39 is 11.6 Å². The molecule has 1 fully saturated rings. The first-order chi connectivity index (χ1) is 7.22. The Kier molecular flexibility index (Phi) is 2.86. The highest BCUT2D eigenvalue weighted by Gasteiger charge is 2.39. The third-order valence-corrected chi connectivity index (χ3v) is 2.78. The molecule has 1 amide bonds. The highest BCUT2D eigenvalue weighted by atomic mass is 19.1. The largest absolute Gasteiger partial charge is 0.337 e. The molecule has 0 aromatic carbocycles. The maximum Gasteiger partial charge on any atom is 0.264 e. The summed E-state index contributed by atoms with van der Waals surface area (Å²) in [6.45, 7) is 2.70. The Morgan fingerprint density at radius 2 is 2.07 bits per heavy atom. The number of hydrogen-bond donors (Lipinski definition) is 1. The molecule has 2 rings (SSSR count). The van der Waals surface area contributed by atoms with Crippen LogP contribution in [0.25, 0.3) is 0 Å². The van der Waals surface area contributed by atoms with Crippen LogP contribution in [0.5, 0.6) is 0 Å². The second-order valence-corrected chi connectivity index (χ2v) is 3.90. The molecule has 0 aromatic rings. The molecule has 0 spiro atoms. The summed E-state index contributed by atoms with van der Waals surface area (Å²) in [5.74, 6) is -0.399. The monoisotopic (exact) mass is 210 g/mol. The van der Waals surface area contributed by atoms with Crippen LogP contribution in [0.2, 0.25) is 0 Å². The van der Waals surface area contributed by atoms with Gasteiger partial charge in [0.25, 0.3) is 5.91 Å². The van der Waals surface area contributed by atoms with Gasteiger partial charge in [-0.3, -0.25) is 4.79 Å². The van der Waals surface area contributed by atoms with Crippen molar-refractivity contribution in [3.05, 3.63) is 24.3 Å². The fourth-order valence-corrected chi connectivity index (χ4v) is 1.88. The highest BCUT2D eigenvalue weighted by molar-refractivity contribution is 5.88. The van der Waals surface area contributed by atoms with E-state index in [1.807, 2.05) is 0 Å². The van der Waals surface area contributed by atoms with E-state index in [2.05, 4.69) is 5.32 Å². The van der Waals surface area contributed by atoms with Crippen molar-refractivity contribution in [3.63, 3.8) is 0 Å². The molecule has 82 valence electrons. The van der Waals surface area contributed by atoms with Crippen molar-refractivity contribution in [1.29, 1.82) is 0 Å². The number of allylic oxidation sites excluding steroid dienone is 3. The van der Waals surface area contributed by atoms with Crippen LogP contribution in [0.1, 0.15) is 6.42 Å². The van der Waals surface area contributed by atoms with Gasteiger partial charge in [0.05, 0.1) is 0 Å². The van der Waals surface area contributed by atoms with Crippen LogP contribution in [-0.4, -0.2) is 42.7 Å². The zero-order chi connectivity index (χ0) is 10.7. The number of carbonyl (C=O) groups excluding carboxylic acids is 1. The first-order valence-electron chi connectivity index (χ1n) is 5.26. The molecule has 1 aliphatic carbocycles. The summed E-state index contributed by atoms with van der Waals surface area (Å²) in [5.41, 5.74) is -1.81. The van der Waals surface area contributed by atoms with Crippen molar-refractivity contribution in [1.82, 2.24) is 10.2 Å². The molecule has 1 saturated heterocycles. The normalized spacial score (nSPS) is 30.6. The van der Waals surface area contributed by atoms with Crippen molar-refractivity contribution in [3.8, 4) is 0 Å². The number of alkyl halides is 1. The first kappa shape index (κ1) is 10.4. The van der Waals surface area contributed by atoms with Crippen LogP contribution in [0, 0.1) is 0 Å². The fraction of sp³-hybridized carbons (Fsp3) is 0.545. The summed E-state index contributed by atoms with van der Waals surface area (Å²) in [5, 5.41) is 3.14. The molecule has 3 nitrogen and oxygen atoms in total. The molecular weight excluding hydrogens is 195 g/mol. The zero-order valence-electron chi connectivity index (χ0n) is 8.58. The lowest BCUT2D eigenvalue weighted by Crippen LogP contribution is -2.52. The van der Waals surface area contributed by atoms with Crippen LogP contribution >= 0.6 is 0 Å². The standard InChI is InChI=1S/C11H15FN2O/c12-11(4-2-1-3-5-11)10(15)14-8-6-13-7-9-14/h1-4,13H,5-9H2. The van der Waals surface area contributed by atoms with E-state index in [9.17, 15) is 9.18 Å². The minimum absolute atomic E-state index is 0.159. The number of halogens is 1. The van der Waals surface area contributed by atoms with Crippen molar-refractivity contribution >= 4 is 5.91 Å². The summed E-state index contributed by atoms with van der Waals surface area (Å²) in [7, 11) is 0. The van der Waals surface area contributed by atoms with Crippen LogP contribution in [0.3, 0.4) is 0 Å². The van der Waals surface area contributed by atoms with Crippen LogP contribution in [-0.2, 0) is 4.79 Å². The van der Waals surface area contributed by atoms with E-state index in [-0.39, 0.29) is 6.42 Å². The van der Waals surface area contributed by atoms with Gasteiger partial charge < -0.3 is 10.2 Å². The van der Waals surface area contributed by atoms with E-state index in [0.29, 0.717) is 13.1 Å². The summed E-state index contributed by atoms with van der Waals surface area (Å²) < 4.78 is 14.2. The number of nitrogens with one attached hydrogen (secondary N) is 1. The van der Waals surface area contributed by atoms with Gasteiger partial charge in [0.15, 0.2) is 0 Å². The van der Waals surface area contributed by atoms with E-state index in [4.69, 9.17) is 0 Å². The van der Waals surface area contributed by atoms with Gasteiger partial charge in [-0.15, -0.1) is 0 Å². The van der Waals surface area contributed by atoms with E-state index in [1.54, 1.807) is 23.1 Å². The molecule has 0 saturated carbocycles. The van der Waals surface area contributed by atoms with Gasteiger partial charge in [0.2, 0.25) is 5.67 Å². The summed E-state index contributed by atoms with van der Waals surface area (Å²) >= 11 is 0. The van der Waals surface area contributed by atoms with Crippen molar-refractivity contribution in [2.45, 2.75) is 12.1 Å². The summed E-state index contributed by atoms with van der Waals surface area (Å²) in [6, 6.07) is 0. The van der Waals surface area contributed by atoms with Gasteiger partial charge in [-0.2, -0.15) is 0 Å². The average Bonchev–Trinajstić information content (AvgIpc) is 2.30. The molecular formula is C11H15FN2O. The van der Waals surface area contributed by atoms with Crippen molar-refractivity contribution < 1.29 is 9.18 Å². The van der Waals surface area contributed by atoms with E-state index in [1.165, 1.54) is 6.08 Å². The minimum atomic E-state index is -1.81. The number of piperazine rings is 1. The third kappa shape index (κ3) is 2.09. The topological polar surface area (TPSA) is 32.3 Å². The highest BCUT2D eigenvalue weighted by Crippen LogP contribution is 2.25. The quantitative estimate of drug-likeness (QED) is 0.689. The van der Waals surface area contributed by atoms with Crippen molar-refractivity contribution in [2.75, 3.05) is 26.2 Å². The summed E-state index contributed by atoms with van der Waals surface area (Å²) in [4.78, 5) is 13.5. The van der Waals surface area contributed by atoms with Gasteiger partial charge in [0.1, 0.15) is 0 Å². The molecule has 0 radical (unpaired) electrons. The molecule has 2 aliphatic rings. The number of hydrogen-bond acceptors (Lipinski definition) is 2.